The lowest BCUT2D eigenvalue weighted by Gasteiger charge is -2.26. The molecule has 35 heavy (non-hydrogen) atoms. The fourth-order valence-corrected chi connectivity index (χ4v) is 3.01. The molecule has 4 aromatic rings. The monoisotopic (exact) mass is 489 g/mol. The van der Waals surface area contributed by atoms with Crippen LogP contribution in [0.5, 0.6) is 0 Å². The van der Waals surface area contributed by atoms with E-state index in [0.717, 1.165) is 20.0 Å². The molecule has 3 aromatic heterocycles. The molecular formula is C22H19F4N7O2. The van der Waals surface area contributed by atoms with Gasteiger partial charge in [-0.1, -0.05) is 23.4 Å². The van der Waals surface area contributed by atoms with Gasteiger partial charge in [0.25, 0.3) is 0 Å². The van der Waals surface area contributed by atoms with Gasteiger partial charge in [0.2, 0.25) is 5.91 Å². The normalized spacial score (nSPS) is 12.1. The van der Waals surface area contributed by atoms with Crippen LogP contribution in [0.4, 0.5) is 29.1 Å². The summed E-state index contributed by atoms with van der Waals surface area (Å²) < 4.78 is 60.0. The van der Waals surface area contributed by atoms with Crippen LogP contribution in [0.2, 0.25) is 0 Å². The second kappa shape index (κ2) is 8.81. The van der Waals surface area contributed by atoms with Crippen molar-refractivity contribution in [3.05, 3.63) is 60.2 Å². The van der Waals surface area contributed by atoms with Gasteiger partial charge in [-0.25, -0.2) is 14.4 Å². The van der Waals surface area contributed by atoms with Crippen molar-refractivity contribution >= 4 is 17.4 Å². The second-order valence-electron chi connectivity index (χ2n) is 8.12. The smallest absolute Gasteiger partial charge is 0.382 e. The predicted octanol–water partition coefficient (Wildman–Crippen LogP) is 4.29. The second-order valence-corrected chi connectivity index (χ2v) is 8.12. The molecule has 0 bridgehead atoms. The largest absolute Gasteiger partial charge is 0.402 e. The van der Waals surface area contributed by atoms with Crippen LogP contribution in [-0.2, 0) is 11.3 Å². The van der Waals surface area contributed by atoms with E-state index in [-0.39, 0.29) is 29.6 Å². The molecule has 13 heteroatoms. The summed E-state index contributed by atoms with van der Waals surface area (Å²) in [6.07, 6.45) is -2.31. The fourth-order valence-electron chi connectivity index (χ4n) is 3.01. The number of nitrogens with zero attached hydrogens (tertiary/aromatic N) is 5. The minimum atomic E-state index is -4.77. The van der Waals surface area contributed by atoms with Crippen molar-refractivity contribution in [3.8, 4) is 22.9 Å². The molecule has 0 saturated heterocycles. The number of aromatic nitrogens is 5. The summed E-state index contributed by atoms with van der Waals surface area (Å²) in [4.78, 5) is 20.3. The maximum Gasteiger partial charge on any atom is 0.402 e. The Morgan fingerprint density at radius 1 is 1.17 bits per heavy atom. The Bertz CT molecular complexity index is 1360. The van der Waals surface area contributed by atoms with Crippen LogP contribution in [0.3, 0.4) is 0 Å². The van der Waals surface area contributed by atoms with Crippen molar-refractivity contribution in [2.45, 2.75) is 26.6 Å². The van der Waals surface area contributed by atoms with Crippen LogP contribution >= 0.6 is 0 Å². The number of nitrogen functional groups attached to an aromatic ring is 1. The predicted molar refractivity (Wildman–Crippen MR) is 117 cm³/mol. The highest BCUT2D eigenvalue weighted by molar-refractivity contribution is 5.97. The first kappa shape index (κ1) is 23.9. The van der Waals surface area contributed by atoms with Crippen LogP contribution in [-0.4, -0.2) is 37.0 Å². The first-order valence-corrected chi connectivity index (χ1v) is 10.2. The molecule has 0 saturated carbocycles. The standard InChI is InChI=1S/C22H19F4N7O2/c1-21(2,22(24,25)26)20(34)29-16-10-28-19(30-18(16)27)15-9-17(14-7-8-35-32-14)33(31-15)11-12-5-3-4-6-13(12)23/h3-10H,11H2,1-2H3,(H,29,34)(H2,27,28,30). The summed E-state index contributed by atoms with van der Waals surface area (Å²) in [5.41, 5.74) is 4.55. The van der Waals surface area contributed by atoms with Crippen molar-refractivity contribution in [2.75, 3.05) is 11.1 Å². The Kier molecular flexibility index (Phi) is 6.01. The van der Waals surface area contributed by atoms with Gasteiger partial charge >= 0.3 is 6.18 Å². The Morgan fingerprint density at radius 2 is 1.91 bits per heavy atom. The number of alkyl halides is 3. The zero-order valence-electron chi connectivity index (χ0n) is 18.5. The average molecular weight is 489 g/mol. The molecule has 0 unspecified atom stereocenters. The highest BCUT2D eigenvalue weighted by Gasteiger charge is 2.53. The summed E-state index contributed by atoms with van der Waals surface area (Å²) in [6, 6.07) is 9.37. The Morgan fingerprint density at radius 3 is 2.54 bits per heavy atom. The number of nitrogens with one attached hydrogen (secondary N) is 1. The van der Waals surface area contributed by atoms with Gasteiger partial charge in [0.05, 0.1) is 18.4 Å². The molecule has 0 fully saturated rings. The SMILES string of the molecule is CC(C)(C(=O)Nc1cnc(-c2cc(-c3ccon3)n(Cc3ccccc3F)n2)nc1N)C(F)(F)F. The molecule has 0 aliphatic heterocycles. The lowest BCUT2D eigenvalue weighted by atomic mass is 9.91. The number of hydrogen-bond acceptors (Lipinski definition) is 7. The molecule has 0 atom stereocenters. The number of carbonyl (C=O) groups is 1. The summed E-state index contributed by atoms with van der Waals surface area (Å²) in [7, 11) is 0. The zero-order chi connectivity index (χ0) is 25.4. The van der Waals surface area contributed by atoms with E-state index in [9.17, 15) is 22.4 Å². The van der Waals surface area contributed by atoms with Crippen molar-refractivity contribution in [1.29, 1.82) is 0 Å². The van der Waals surface area contributed by atoms with E-state index in [1.54, 1.807) is 30.3 Å². The lowest BCUT2D eigenvalue weighted by Crippen LogP contribution is -2.43. The molecule has 0 aliphatic carbocycles. The fraction of sp³-hybridized carbons (Fsp3) is 0.227. The molecule has 1 aromatic carbocycles. The van der Waals surface area contributed by atoms with Crippen LogP contribution in [0.15, 0.2) is 53.4 Å². The summed E-state index contributed by atoms with van der Waals surface area (Å²) in [5.74, 6) is -1.95. The molecule has 0 aliphatic rings. The van der Waals surface area contributed by atoms with Crippen LogP contribution in [0.1, 0.15) is 19.4 Å². The quantitative estimate of drug-likeness (QED) is 0.387. The van der Waals surface area contributed by atoms with Gasteiger partial charge in [-0.2, -0.15) is 18.3 Å². The molecule has 3 heterocycles. The minimum absolute atomic E-state index is 0.0348. The summed E-state index contributed by atoms with van der Waals surface area (Å²) >= 11 is 0. The van der Waals surface area contributed by atoms with Crippen molar-refractivity contribution in [3.63, 3.8) is 0 Å². The first-order valence-electron chi connectivity index (χ1n) is 10.2. The molecule has 4 rings (SSSR count). The maximum absolute atomic E-state index is 14.2. The van der Waals surface area contributed by atoms with Gasteiger partial charge < -0.3 is 15.6 Å². The van der Waals surface area contributed by atoms with Crippen LogP contribution in [0, 0.1) is 11.2 Å². The third-order valence-corrected chi connectivity index (χ3v) is 5.33. The molecular weight excluding hydrogens is 470 g/mol. The Balaban J connectivity index is 1.66. The number of hydrogen-bond donors (Lipinski definition) is 2. The van der Waals surface area contributed by atoms with Gasteiger partial charge in [-0.3, -0.25) is 9.48 Å². The van der Waals surface area contributed by atoms with E-state index < -0.39 is 23.3 Å². The number of carbonyl (C=O) groups excluding carboxylic acids is 1. The van der Waals surface area contributed by atoms with Gasteiger partial charge in [0, 0.05) is 11.6 Å². The van der Waals surface area contributed by atoms with Crippen molar-refractivity contribution in [1.82, 2.24) is 24.9 Å². The third kappa shape index (κ3) is 4.69. The van der Waals surface area contributed by atoms with Gasteiger partial charge in [-0.15, -0.1) is 0 Å². The maximum atomic E-state index is 14.2. The average Bonchev–Trinajstić information content (AvgIpc) is 3.46. The highest BCUT2D eigenvalue weighted by Crippen LogP contribution is 2.38. The molecule has 9 nitrogen and oxygen atoms in total. The molecule has 1 amide bonds. The highest BCUT2D eigenvalue weighted by atomic mass is 19.4. The van der Waals surface area contributed by atoms with E-state index in [4.69, 9.17) is 10.3 Å². The third-order valence-electron chi connectivity index (χ3n) is 5.33. The van der Waals surface area contributed by atoms with Gasteiger partial charge in [0.15, 0.2) is 11.6 Å². The van der Waals surface area contributed by atoms with E-state index >= 15 is 0 Å². The van der Waals surface area contributed by atoms with Gasteiger partial charge in [0.1, 0.15) is 34.6 Å². The van der Waals surface area contributed by atoms with Crippen LogP contribution in [0.25, 0.3) is 22.9 Å². The zero-order valence-corrected chi connectivity index (χ0v) is 18.5. The Labute approximate surface area is 196 Å². The Hall–Kier alpha value is -4.29. The minimum Gasteiger partial charge on any atom is -0.382 e. The van der Waals surface area contributed by atoms with E-state index in [1.807, 2.05) is 0 Å². The van der Waals surface area contributed by atoms with Crippen molar-refractivity contribution in [2.24, 2.45) is 5.41 Å². The van der Waals surface area contributed by atoms with Crippen molar-refractivity contribution < 1.29 is 26.9 Å². The van der Waals surface area contributed by atoms with Crippen LogP contribution < -0.4 is 11.1 Å². The molecule has 0 spiro atoms. The van der Waals surface area contributed by atoms with E-state index in [1.165, 1.54) is 17.0 Å². The number of halogens is 4. The molecule has 0 radical (unpaired) electrons. The molecule has 3 N–H and O–H groups in total. The molecule has 182 valence electrons. The number of benzene rings is 1. The topological polar surface area (TPSA) is 125 Å². The van der Waals surface area contributed by atoms with E-state index in [2.05, 4.69) is 25.5 Å². The first-order chi connectivity index (χ1) is 16.5. The summed E-state index contributed by atoms with van der Waals surface area (Å²) in [5, 5.41) is 10.4. The number of rotatable bonds is 6. The van der Waals surface area contributed by atoms with Gasteiger partial charge in [-0.05, 0) is 26.0 Å². The van der Waals surface area contributed by atoms with E-state index in [0.29, 0.717) is 17.0 Å². The summed E-state index contributed by atoms with van der Waals surface area (Å²) in [6.45, 7) is 1.56. The number of amides is 1. The number of anilines is 2. The number of nitrogens with two attached hydrogens (primary N) is 1. The lowest BCUT2D eigenvalue weighted by molar-refractivity contribution is -0.208.